The summed E-state index contributed by atoms with van der Waals surface area (Å²) in [6.45, 7) is 3.83. The first-order chi connectivity index (χ1) is 9.10. The Hall–Kier alpha value is -1.37. The molecule has 0 atom stereocenters. The van der Waals surface area contributed by atoms with Gasteiger partial charge in [-0.15, -0.1) is 0 Å². The fourth-order valence-electron chi connectivity index (χ4n) is 1.69. The van der Waals surface area contributed by atoms with Gasteiger partial charge < -0.3 is 9.15 Å². The fraction of sp³-hybridized carbons (Fsp3) is 0.286. The normalized spacial score (nSPS) is 10.5. The lowest BCUT2D eigenvalue weighted by Crippen LogP contribution is -2.04. The van der Waals surface area contributed by atoms with Gasteiger partial charge in [0.1, 0.15) is 0 Å². The van der Waals surface area contributed by atoms with Crippen LogP contribution in [-0.4, -0.2) is 17.6 Å². The van der Waals surface area contributed by atoms with Crippen molar-refractivity contribution in [2.75, 3.05) is 6.61 Å². The highest BCUT2D eigenvalue weighted by Gasteiger charge is 2.18. The van der Waals surface area contributed by atoms with Gasteiger partial charge in [0.25, 0.3) is 0 Å². The predicted molar refractivity (Wildman–Crippen MR) is 79.2 cm³/mol. The second-order valence-electron chi connectivity index (χ2n) is 4.05. The molecule has 19 heavy (non-hydrogen) atoms. The van der Waals surface area contributed by atoms with E-state index in [9.17, 15) is 4.79 Å². The van der Waals surface area contributed by atoms with Crippen LogP contribution in [0.4, 0.5) is 0 Å². The summed E-state index contributed by atoms with van der Waals surface area (Å²) in [4.78, 5) is 15.9. The summed E-state index contributed by atoms with van der Waals surface area (Å²) in [6, 6.07) is 8.09. The maximum absolute atomic E-state index is 11.6. The van der Waals surface area contributed by atoms with Crippen molar-refractivity contribution in [1.82, 2.24) is 4.98 Å². The average molecular weight is 371 g/mol. The van der Waals surface area contributed by atoms with Crippen molar-refractivity contribution >= 4 is 28.6 Å². The molecule has 0 aliphatic rings. The zero-order chi connectivity index (χ0) is 13.8. The van der Waals surface area contributed by atoms with E-state index >= 15 is 0 Å². The molecule has 0 unspecified atom stereocenters. The standard InChI is InChI=1S/C14H14INO3/c1-3-18-14(17)13-9(2)16-12(19-13)8-10-4-6-11(15)7-5-10/h4-7H,3,8H2,1-2H3. The van der Waals surface area contributed by atoms with Crippen LogP contribution in [0.5, 0.6) is 0 Å². The molecule has 0 aliphatic carbocycles. The number of carbonyl (C=O) groups is 1. The van der Waals surface area contributed by atoms with Gasteiger partial charge in [-0.3, -0.25) is 0 Å². The maximum Gasteiger partial charge on any atom is 0.376 e. The van der Waals surface area contributed by atoms with Crippen molar-refractivity contribution in [2.24, 2.45) is 0 Å². The van der Waals surface area contributed by atoms with Crippen LogP contribution in [0.2, 0.25) is 0 Å². The minimum absolute atomic E-state index is 0.197. The maximum atomic E-state index is 11.6. The van der Waals surface area contributed by atoms with E-state index in [1.165, 1.54) is 3.57 Å². The summed E-state index contributed by atoms with van der Waals surface area (Å²) in [5.41, 5.74) is 1.66. The average Bonchev–Trinajstić information content (AvgIpc) is 2.74. The Labute approximate surface area is 125 Å². The number of aryl methyl sites for hydroxylation is 1. The molecule has 0 saturated heterocycles. The Morgan fingerprint density at radius 2 is 2.05 bits per heavy atom. The number of aromatic nitrogens is 1. The molecule has 0 fully saturated rings. The lowest BCUT2D eigenvalue weighted by molar-refractivity contribution is 0.0487. The topological polar surface area (TPSA) is 52.3 Å². The molecule has 2 rings (SSSR count). The molecule has 0 aliphatic heterocycles. The molecule has 1 aromatic carbocycles. The molecule has 2 aromatic rings. The molecule has 0 spiro atoms. The van der Waals surface area contributed by atoms with E-state index < -0.39 is 5.97 Å². The third-order valence-electron chi connectivity index (χ3n) is 2.57. The number of rotatable bonds is 4. The second kappa shape index (κ2) is 6.18. The Bertz CT molecular complexity index is 575. The summed E-state index contributed by atoms with van der Waals surface area (Å²) in [5, 5.41) is 0. The van der Waals surface area contributed by atoms with Crippen LogP contribution in [-0.2, 0) is 11.2 Å². The number of esters is 1. The zero-order valence-electron chi connectivity index (χ0n) is 10.8. The van der Waals surface area contributed by atoms with Crippen molar-refractivity contribution in [3.05, 3.63) is 50.7 Å². The Kier molecular flexibility index (Phi) is 4.57. The lowest BCUT2D eigenvalue weighted by Gasteiger charge is -1.98. The molecule has 100 valence electrons. The highest BCUT2D eigenvalue weighted by Crippen LogP contribution is 2.16. The summed E-state index contributed by atoms with van der Waals surface area (Å²) in [5.74, 6) is 0.269. The molecule has 5 heteroatoms. The second-order valence-corrected chi connectivity index (χ2v) is 5.29. The number of benzene rings is 1. The molecule has 4 nitrogen and oxygen atoms in total. The fourth-order valence-corrected chi connectivity index (χ4v) is 2.05. The van der Waals surface area contributed by atoms with Gasteiger partial charge in [0.05, 0.1) is 12.3 Å². The Balaban J connectivity index is 2.16. The quantitative estimate of drug-likeness (QED) is 0.611. The smallest absolute Gasteiger partial charge is 0.376 e. The summed E-state index contributed by atoms with van der Waals surface area (Å²) >= 11 is 2.25. The van der Waals surface area contributed by atoms with E-state index in [0.717, 1.165) is 5.56 Å². The SMILES string of the molecule is CCOC(=O)c1oc(Cc2ccc(I)cc2)nc1C. The first kappa shape index (κ1) is 14.0. The molecular weight excluding hydrogens is 357 g/mol. The number of nitrogens with zero attached hydrogens (tertiary/aromatic N) is 1. The van der Waals surface area contributed by atoms with Crippen molar-refractivity contribution in [1.29, 1.82) is 0 Å². The van der Waals surface area contributed by atoms with Crippen molar-refractivity contribution in [2.45, 2.75) is 20.3 Å². The number of carbonyl (C=O) groups excluding carboxylic acids is 1. The molecule has 1 aromatic heterocycles. The highest BCUT2D eigenvalue weighted by atomic mass is 127. The van der Waals surface area contributed by atoms with Crippen molar-refractivity contribution in [3.8, 4) is 0 Å². The van der Waals surface area contributed by atoms with E-state index in [2.05, 4.69) is 27.6 Å². The van der Waals surface area contributed by atoms with Crippen LogP contribution in [0.25, 0.3) is 0 Å². The van der Waals surface area contributed by atoms with Gasteiger partial charge in [-0.2, -0.15) is 0 Å². The minimum atomic E-state index is -0.457. The molecule has 0 amide bonds. The molecular formula is C14H14INO3. The minimum Gasteiger partial charge on any atom is -0.460 e. The molecule has 0 radical (unpaired) electrons. The van der Waals surface area contributed by atoms with Crippen LogP contribution in [0, 0.1) is 10.5 Å². The van der Waals surface area contributed by atoms with Gasteiger partial charge in [-0.1, -0.05) is 12.1 Å². The molecule has 0 N–H and O–H groups in total. The van der Waals surface area contributed by atoms with Crippen molar-refractivity contribution < 1.29 is 13.9 Å². The summed E-state index contributed by atoms with van der Waals surface area (Å²) in [7, 11) is 0. The summed E-state index contributed by atoms with van der Waals surface area (Å²) in [6.07, 6.45) is 0.567. The van der Waals surface area contributed by atoms with Crippen molar-refractivity contribution in [3.63, 3.8) is 0 Å². The summed E-state index contributed by atoms with van der Waals surface area (Å²) < 4.78 is 11.6. The highest BCUT2D eigenvalue weighted by molar-refractivity contribution is 14.1. The van der Waals surface area contributed by atoms with Gasteiger partial charge in [0.15, 0.2) is 5.89 Å². The first-order valence-corrected chi connectivity index (χ1v) is 7.06. The van der Waals surface area contributed by atoms with E-state index in [1.54, 1.807) is 13.8 Å². The molecule has 0 bridgehead atoms. The molecule has 1 heterocycles. The van der Waals surface area contributed by atoms with E-state index in [0.29, 0.717) is 24.6 Å². The van der Waals surface area contributed by atoms with Gasteiger partial charge in [0.2, 0.25) is 5.76 Å². The zero-order valence-corrected chi connectivity index (χ0v) is 12.9. The number of hydrogen-bond acceptors (Lipinski definition) is 4. The number of ether oxygens (including phenoxy) is 1. The third kappa shape index (κ3) is 3.56. The lowest BCUT2D eigenvalue weighted by atomic mass is 10.1. The van der Waals surface area contributed by atoms with Crippen LogP contribution in [0.3, 0.4) is 0 Å². The first-order valence-electron chi connectivity index (χ1n) is 5.98. The van der Waals surface area contributed by atoms with E-state index in [1.807, 2.05) is 24.3 Å². The number of halogens is 1. The van der Waals surface area contributed by atoms with Gasteiger partial charge in [-0.05, 0) is 54.1 Å². The molecule has 0 saturated carbocycles. The predicted octanol–water partition coefficient (Wildman–Crippen LogP) is 3.36. The number of hydrogen-bond donors (Lipinski definition) is 0. The van der Waals surface area contributed by atoms with Crippen LogP contribution >= 0.6 is 22.6 Å². The van der Waals surface area contributed by atoms with Gasteiger partial charge >= 0.3 is 5.97 Å². The van der Waals surface area contributed by atoms with Crippen LogP contribution < -0.4 is 0 Å². The van der Waals surface area contributed by atoms with Crippen LogP contribution in [0.15, 0.2) is 28.7 Å². The van der Waals surface area contributed by atoms with Gasteiger partial charge in [-0.25, -0.2) is 9.78 Å². The third-order valence-corrected chi connectivity index (χ3v) is 3.29. The van der Waals surface area contributed by atoms with E-state index in [-0.39, 0.29) is 5.76 Å². The Morgan fingerprint density at radius 1 is 1.37 bits per heavy atom. The van der Waals surface area contributed by atoms with E-state index in [4.69, 9.17) is 9.15 Å². The number of oxazole rings is 1. The Morgan fingerprint density at radius 3 is 2.68 bits per heavy atom. The monoisotopic (exact) mass is 371 g/mol. The largest absolute Gasteiger partial charge is 0.460 e. The van der Waals surface area contributed by atoms with Crippen LogP contribution in [0.1, 0.15) is 34.6 Å². The van der Waals surface area contributed by atoms with Gasteiger partial charge in [0, 0.05) is 9.99 Å².